The SMILES string of the molecule is CC(C)(C)OC(=O)N1CCC[C@@H](c2ccc(-n3cc4cccc(C(=O)O)c4n3)cc2)C1. The van der Waals surface area contributed by atoms with Gasteiger partial charge in [-0.3, -0.25) is 0 Å². The summed E-state index contributed by atoms with van der Waals surface area (Å²) in [5.41, 5.74) is 2.19. The molecule has 0 spiro atoms. The van der Waals surface area contributed by atoms with Crippen LogP contribution in [0.3, 0.4) is 0 Å². The van der Waals surface area contributed by atoms with Crippen LogP contribution in [-0.4, -0.2) is 50.5 Å². The third kappa shape index (κ3) is 4.55. The van der Waals surface area contributed by atoms with Gasteiger partial charge < -0.3 is 14.7 Å². The highest BCUT2D eigenvalue weighted by molar-refractivity contribution is 6.01. The van der Waals surface area contributed by atoms with Crippen LogP contribution in [0.1, 0.15) is 55.5 Å². The predicted molar refractivity (Wildman–Crippen MR) is 118 cm³/mol. The van der Waals surface area contributed by atoms with Gasteiger partial charge >= 0.3 is 12.1 Å². The highest BCUT2D eigenvalue weighted by Gasteiger charge is 2.28. The fourth-order valence-electron chi connectivity index (χ4n) is 3.99. The van der Waals surface area contributed by atoms with E-state index in [0.29, 0.717) is 12.1 Å². The molecule has 3 aromatic rings. The summed E-state index contributed by atoms with van der Waals surface area (Å²) in [5.74, 6) is -0.733. The molecule has 7 nitrogen and oxygen atoms in total. The number of hydrogen-bond donors (Lipinski definition) is 1. The van der Waals surface area contributed by atoms with Crippen molar-refractivity contribution in [2.24, 2.45) is 0 Å². The van der Waals surface area contributed by atoms with Crippen LogP contribution < -0.4 is 0 Å². The van der Waals surface area contributed by atoms with Crippen molar-refractivity contribution < 1.29 is 19.4 Å². The first kappa shape index (κ1) is 20.9. The van der Waals surface area contributed by atoms with Gasteiger partial charge in [0.05, 0.1) is 11.3 Å². The third-order valence-corrected chi connectivity index (χ3v) is 5.47. The second-order valence-electron chi connectivity index (χ2n) is 8.98. The molecule has 162 valence electrons. The van der Waals surface area contributed by atoms with Crippen LogP contribution in [0.5, 0.6) is 0 Å². The van der Waals surface area contributed by atoms with Crippen molar-refractivity contribution in [1.29, 1.82) is 0 Å². The van der Waals surface area contributed by atoms with Gasteiger partial charge in [-0.05, 0) is 57.4 Å². The zero-order valence-corrected chi connectivity index (χ0v) is 18.0. The first-order valence-corrected chi connectivity index (χ1v) is 10.5. The van der Waals surface area contributed by atoms with Crippen LogP contribution in [0.2, 0.25) is 0 Å². The maximum absolute atomic E-state index is 12.4. The fourth-order valence-corrected chi connectivity index (χ4v) is 3.99. The van der Waals surface area contributed by atoms with E-state index in [4.69, 9.17) is 4.74 Å². The van der Waals surface area contributed by atoms with Crippen molar-refractivity contribution in [2.45, 2.75) is 45.1 Å². The lowest BCUT2D eigenvalue weighted by Crippen LogP contribution is -2.42. The van der Waals surface area contributed by atoms with Crippen LogP contribution in [0, 0.1) is 0 Å². The summed E-state index contributed by atoms with van der Waals surface area (Å²) in [5, 5.41) is 14.6. The molecule has 0 saturated carbocycles. The predicted octanol–water partition coefficient (Wildman–Crippen LogP) is 4.84. The number of likely N-dealkylation sites (tertiary alicyclic amines) is 1. The summed E-state index contributed by atoms with van der Waals surface area (Å²) in [6, 6.07) is 13.2. The van der Waals surface area contributed by atoms with E-state index in [0.717, 1.165) is 30.5 Å². The normalized spacial score (nSPS) is 17.0. The molecular formula is C24H27N3O4. The number of aromatic carboxylic acids is 1. The molecule has 0 radical (unpaired) electrons. The van der Waals surface area contributed by atoms with E-state index in [1.54, 1.807) is 21.7 Å². The molecule has 2 aromatic carbocycles. The summed E-state index contributed by atoms with van der Waals surface area (Å²) < 4.78 is 7.23. The van der Waals surface area contributed by atoms with E-state index in [9.17, 15) is 14.7 Å². The van der Waals surface area contributed by atoms with E-state index in [-0.39, 0.29) is 17.6 Å². The van der Waals surface area contributed by atoms with Crippen LogP contribution >= 0.6 is 0 Å². The molecule has 0 aliphatic carbocycles. The Morgan fingerprint density at radius 2 is 1.87 bits per heavy atom. The Bertz CT molecular complexity index is 1110. The number of piperidine rings is 1. The van der Waals surface area contributed by atoms with Gasteiger partial charge in [0.25, 0.3) is 0 Å². The highest BCUT2D eigenvalue weighted by Crippen LogP contribution is 2.29. The number of carbonyl (C=O) groups is 2. The van der Waals surface area contributed by atoms with E-state index in [2.05, 4.69) is 17.2 Å². The molecule has 0 bridgehead atoms. The largest absolute Gasteiger partial charge is 0.478 e. The number of fused-ring (bicyclic) bond motifs is 1. The zero-order valence-electron chi connectivity index (χ0n) is 18.0. The molecule has 31 heavy (non-hydrogen) atoms. The van der Waals surface area contributed by atoms with Gasteiger partial charge in [0.1, 0.15) is 11.1 Å². The Balaban J connectivity index is 1.52. The summed E-state index contributed by atoms with van der Waals surface area (Å²) in [6.07, 6.45) is 3.54. The Hall–Kier alpha value is -3.35. The van der Waals surface area contributed by atoms with Crippen LogP contribution in [-0.2, 0) is 4.74 Å². The van der Waals surface area contributed by atoms with Gasteiger partial charge in [-0.1, -0.05) is 24.3 Å². The van der Waals surface area contributed by atoms with Crippen molar-refractivity contribution in [1.82, 2.24) is 14.7 Å². The first-order chi connectivity index (χ1) is 14.7. The van der Waals surface area contributed by atoms with E-state index < -0.39 is 11.6 Å². The van der Waals surface area contributed by atoms with E-state index in [1.807, 2.05) is 45.2 Å². The standard InChI is InChI=1S/C24H27N3O4/c1-24(2,3)31-23(30)26-13-5-7-17(14-26)16-9-11-19(12-10-16)27-15-18-6-4-8-20(22(28)29)21(18)25-27/h4,6,8-12,15,17H,5,7,13-14H2,1-3H3,(H,28,29)/t17-/m1/s1. The highest BCUT2D eigenvalue weighted by atomic mass is 16.6. The number of benzene rings is 2. The molecule has 4 rings (SSSR count). The van der Waals surface area contributed by atoms with Crippen LogP contribution in [0.4, 0.5) is 4.79 Å². The number of ether oxygens (including phenoxy) is 1. The van der Waals surface area contributed by atoms with Crippen molar-refractivity contribution in [2.75, 3.05) is 13.1 Å². The minimum Gasteiger partial charge on any atom is -0.478 e. The summed E-state index contributed by atoms with van der Waals surface area (Å²) in [4.78, 5) is 25.7. The average molecular weight is 421 g/mol. The number of carboxylic acid groups (broad SMARTS) is 1. The molecule has 0 unspecified atom stereocenters. The smallest absolute Gasteiger partial charge is 0.410 e. The number of rotatable bonds is 3. The average Bonchev–Trinajstić information content (AvgIpc) is 3.17. The maximum Gasteiger partial charge on any atom is 0.410 e. The molecule has 1 fully saturated rings. The molecular weight excluding hydrogens is 394 g/mol. The molecule has 1 amide bonds. The van der Waals surface area contributed by atoms with Crippen molar-refractivity contribution in [3.8, 4) is 5.69 Å². The number of hydrogen-bond acceptors (Lipinski definition) is 4. The Morgan fingerprint density at radius 1 is 1.13 bits per heavy atom. The molecule has 1 saturated heterocycles. The number of aromatic nitrogens is 2. The molecule has 7 heteroatoms. The number of amides is 1. The Labute approximate surface area is 181 Å². The Morgan fingerprint density at radius 3 is 2.55 bits per heavy atom. The molecule has 2 heterocycles. The fraction of sp³-hybridized carbons (Fsp3) is 0.375. The topological polar surface area (TPSA) is 84.7 Å². The van der Waals surface area contributed by atoms with Gasteiger partial charge in [-0.2, -0.15) is 5.10 Å². The minimum absolute atomic E-state index is 0.192. The van der Waals surface area contributed by atoms with Crippen LogP contribution in [0.15, 0.2) is 48.7 Å². The van der Waals surface area contributed by atoms with Crippen molar-refractivity contribution >= 4 is 23.0 Å². The van der Waals surface area contributed by atoms with Crippen LogP contribution in [0.25, 0.3) is 16.6 Å². The summed E-state index contributed by atoms with van der Waals surface area (Å²) in [6.45, 7) is 6.99. The minimum atomic E-state index is -0.988. The van der Waals surface area contributed by atoms with Gasteiger partial charge in [-0.25, -0.2) is 14.3 Å². The second kappa shape index (κ2) is 8.06. The Kier molecular flexibility index (Phi) is 5.43. The van der Waals surface area contributed by atoms with Gasteiger partial charge in [0.2, 0.25) is 0 Å². The summed E-state index contributed by atoms with van der Waals surface area (Å²) in [7, 11) is 0. The quantitative estimate of drug-likeness (QED) is 0.654. The number of carbonyl (C=O) groups excluding carboxylic acids is 1. The van der Waals surface area contributed by atoms with E-state index >= 15 is 0 Å². The van der Waals surface area contributed by atoms with E-state index in [1.165, 1.54) is 5.56 Å². The van der Waals surface area contributed by atoms with Crippen molar-refractivity contribution in [3.63, 3.8) is 0 Å². The maximum atomic E-state index is 12.4. The lowest BCUT2D eigenvalue weighted by molar-refractivity contribution is 0.0198. The van der Waals surface area contributed by atoms with Crippen molar-refractivity contribution in [3.05, 3.63) is 59.8 Å². The lowest BCUT2D eigenvalue weighted by atomic mass is 9.91. The molecule has 1 aromatic heterocycles. The number of nitrogens with zero attached hydrogens (tertiary/aromatic N) is 3. The third-order valence-electron chi connectivity index (χ3n) is 5.47. The summed E-state index contributed by atoms with van der Waals surface area (Å²) >= 11 is 0. The van der Waals surface area contributed by atoms with Gasteiger partial charge in [-0.15, -0.1) is 0 Å². The monoisotopic (exact) mass is 421 g/mol. The molecule has 1 atom stereocenters. The lowest BCUT2D eigenvalue weighted by Gasteiger charge is -2.34. The first-order valence-electron chi connectivity index (χ1n) is 10.5. The number of carboxylic acids is 1. The van der Waals surface area contributed by atoms with Gasteiger partial charge in [0, 0.05) is 30.6 Å². The molecule has 1 aliphatic heterocycles. The zero-order chi connectivity index (χ0) is 22.2. The second-order valence-corrected chi connectivity index (χ2v) is 8.98. The van der Waals surface area contributed by atoms with Gasteiger partial charge in [0.15, 0.2) is 0 Å². The molecule has 1 aliphatic rings. The molecule has 1 N–H and O–H groups in total.